The van der Waals surface area contributed by atoms with E-state index >= 15 is 0 Å². The number of nitrogens with zero attached hydrogens (tertiary/aromatic N) is 2. The van der Waals surface area contributed by atoms with Crippen molar-refractivity contribution < 1.29 is 29.0 Å². The first kappa shape index (κ1) is 25.7. The lowest BCUT2D eigenvalue weighted by atomic mass is 9.95. The van der Waals surface area contributed by atoms with Crippen molar-refractivity contribution in [3.8, 4) is 0 Å². The van der Waals surface area contributed by atoms with Crippen molar-refractivity contribution in [3.05, 3.63) is 18.2 Å². The number of alkyl carbamates (subject to hydrolysis) is 1. The van der Waals surface area contributed by atoms with Gasteiger partial charge in [0.25, 0.3) is 0 Å². The molecule has 0 saturated heterocycles. The summed E-state index contributed by atoms with van der Waals surface area (Å²) in [5.41, 5.74) is 0.0939. The van der Waals surface area contributed by atoms with E-state index in [1.807, 2.05) is 12.5 Å². The molecular weight excluding hydrogens is 414 g/mol. The Morgan fingerprint density at radius 1 is 1.22 bits per heavy atom. The van der Waals surface area contributed by atoms with E-state index in [0.717, 1.165) is 18.5 Å². The van der Waals surface area contributed by atoms with Gasteiger partial charge in [-0.3, -0.25) is 9.59 Å². The second-order valence-corrected chi connectivity index (χ2v) is 9.54. The molecule has 1 saturated carbocycles. The predicted molar refractivity (Wildman–Crippen MR) is 118 cm³/mol. The van der Waals surface area contributed by atoms with Crippen LogP contribution in [0.2, 0.25) is 0 Å². The lowest BCUT2D eigenvalue weighted by Crippen LogP contribution is -2.33. The van der Waals surface area contributed by atoms with Crippen LogP contribution in [0.15, 0.2) is 12.5 Å². The highest BCUT2D eigenvalue weighted by molar-refractivity contribution is 5.75. The fraction of sp³-hybridized carbons (Fsp3) is 0.739. The molecule has 1 fully saturated rings. The van der Waals surface area contributed by atoms with Crippen LogP contribution in [-0.2, 0) is 25.5 Å². The minimum atomic E-state index is -1.01. The Hall–Kier alpha value is -2.58. The molecule has 1 amide bonds. The third-order valence-corrected chi connectivity index (χ3v) is 5.61. The van der Waals surface area contributed by atoms with Gasteiger partial charge in [-0.2, -0.15) is 0 Å². The molecule has 9 nitrogen and oxygen atoms in total. The number of carboxylic acid groups (broad SMARTS) is 1. The van der Waals surface area contributed by atoms with Crippen LogP contribution in [0.1, 0.15) is 84.4 Å². The molecule has 1 aromatic heterocycles. The van der Waals surface area contributed by atoms with Gasteiger partial charge in [0.15, 0.2) is 0 Å². The van der Waals surface area contributed by atoms with Gasteiger partial charge < -0.3 is 24.5 Å². The number of hydrogen-bond donors (Lipinski definition) is 2. The summed E-state index contributed by atoms with van der Waals surface area (Å²) in [7, 11) is 0. The van der Waals surface area contributed by atoms with E-state index in [4.69, 9.17) is 9.47 Å². The number of amides is 1. The summed E-state index contributed by atoms with van der Waals surface area (Å²) in [6.07, 6.45) is 9.34. The molecule has 1 aromatic rings. The molecule has 9 heteroatoms. The van der Waals surface area contributed by atoms with Crippen LogP contribution < -0.4 is 5.32 Å². The molecule has 1 heterocycles. The third-order valence-electron chi connectivity index (χ3n) is 5.61. The van der Waals surface area contributed by atoms with Gasteiger partial charge in [-0.1, -0.05) is 19.3 Å². The largest absolute Gasteiger partial charge is 0.481 e. The van der Waals surface area contributed by atoms with Crippen LogP contribution in [0.5, 0.6) is 0 Å². The van der Waals surface area contributed by atoms with Crippen LogP contribution in [0.25, 0.3) is 0 Å². The van der Waals surface area contributed by atoms with Crippen molar-refractivity contribution >= 4 is 18.0 Å². The van der Waals surface area contributed by atoms with Crippen molar-refractivity contribution in [2.45, 2.75) is 91.4 Å². The van der Waals surface area contributed by atoms with Crippen molar-refractivity contribution in [2.75, 3.05) is 6.54 Å². The molecule has 180 valence electrons. The van der Waals surface area contributed by atoms with Gasteiger partial charge in [0.05, 0.1) is 23.4 Å². The van der Waals surface area contributed by atoms with Crippen molar-refractivity contribution in [1.29, 1.82) is 0 Å². The first-order valence-electron chi connectivity index (χ1n) is 11.5. The first-order valence-corrected chi connectivity index (χ1v) is 11.5. The summed E-state index contributed by atoms with van der Waals surface area (Å²) in [4.78, 5) is 39.7. The molecule has 0 bridgehead atoms. The summed E-state index contributed by atoms with van der Waals surface area (Å²) < 4.78 is 12.2. The summed E-state index contributed by atoms with van der Waals surface area (Å²) in [5.74, 6) is -1.91. The summed E-state index contributed by atoms with van der Waals surface area (Å²) in [6.45, 7) is 6.86. The zero-order valence-corrected chi connectivity index (χ0v) is 19.6. The molecule has 1 unspecified atom stereocenters. The summed E-state index contributed by atoms with van der Waals surface area (Å²) in [6, 6.07) is 0.466. The smallest absolute Gasteiger partial charge is 0.410 e. The van der Waals surface area contributed by atoms with Crippen molar-refractivity contribution in [1.82, 2.24) is 14.9 Å². The topological polar surface area (TPSA) is 120 Å². The average molecular weight is 452 g/mol. The molecule has 1 aliphatic rings. The Morgan fingerprint density at radius 2 is 1.91 bits per heavy atom. The maximum absolute atomic E-state index is 11.9. The number of aromatic nitrogens is 2. The van der Waals surface area contributed by atoms with Crippen LogP contribution in [0.3, 0.4) is 0 Å². The van der Waals surface area contributed by atoms with E-state index < -0.39 is 35.7 Å². The second-order valence-electron chi connectivity index (χ2n) is 9.54. The summed E-state index contributed by atoms with van der Waals surface area (Å²) >= 11 is 0. The molecule has 0 aromatic carbocycles. The lowest BCUT2D eigenvalue weighted by Gasteiger charge is -2.22. The standard InChI is InChI=1S/C23H37N3O6/c1-16(31-21(29)23(2,3)4)32-22(30)24-12-8-9-17(20(27)28)13-18-14-26(15-25-18)19-10-6-5-7-11-19/h14-17,19H,5-13H2,1-4H3,(H,24,30)(H,27,28)/t16?,17-/m0/s1. The van der Waals surface area contributed by atoms with Gasteiger partial charge in [0.1, 0.15) is 0 Å². The molecule has 0 spiro atoms. The molecule has 0 aliphatic heterocycles. The number of aliphatic carboxylic acids is 1. The van der Waals surface area contributed by atoms with E-state index in [0.29, 0.717) is 25.3 Å². The van der Waals surface area contributed by atoms with E-state index in [1.165, 1.54) is 26.2 Å². The average Bonchev–Trinajstić information content (AvgIpc) is 3.18. The molecule has 32 heavy (non-hydrogen) atoms. The molecule has 2 atom stereocenters. The summed E-state index contributed by atoms with van der Waals surface area (Å²) in [5, 5.41) is 12.1. The normalized spacial score (nSPS) is 16.8. The zero-order valence-electron chi connectivity index (χ0n) is 19.6. The van der Waals surface area contributed by atoms with Gasteiger partial charge >= 0.3 is 18.0 Å². The fourth-order valence-corrected chi connectivity index (χ4v) is 3.71. The lowest BCUT2D eigenvalue weighted by molar-refractivity contribution is -0.174. The molecular formula is C23H37N3O6. The van der Waals surface area contributed by atoms with Crippen LogP contribution in [0, 0.1) is 11.3 Å². The van der Waals surface area contributed by atoms with Crippen LogP contribution in [0.4, 0.5) is 4.79 Å². The van der Waals surface area contributed by atoms with Gasteiger partial charge in [-0.25, -0.2) is 9.78 Å². The van der Waals surface area contributed by atoms with Crippen LogP contribution in [-0.4, -0.2) is 45.5 Å². The highest BCUT2D eigenvalue weighted by atomic mass is 16.7. The Morgan fingerprint density at radius 3 is 2.53 bits per heavy atom. The Bertz CT molecular complexity index is 764. The molecule has 2 rings (SSSR count). The van der Waals surface area contributed by atoms with Gasteiger partial charge in [-0.05, 0) is 46.5 Å². The molecule has 0 radical (unpaired) electrons. The quantitative estimate of drug-likeness (QED) is 0.312. The number of imidazole rings is 1. The van der Waals surface area contributed by atoms with E-state index in [2.05, 4.69) is 14.9 Å². The minimum absolute atomic E-state index is 0.263. The number of ether oxygens (including phenoxy) is 2. The van der Waals surface area contributed by atoms with Gasteiger partial charge in [0, 0.05) is 32.1 Å². The number of carbonyl (C=O) groups is 3. The third kappa shape index (κ3) is 8.51. The van der Waals surface area contributed by atoms with Crippen LogP contribution >= 0.6 is 0 Å². The number of esters is 1. The Balaban J connectivity index is 1.71. The number of rotatable bonds is 10. The Labute approximate surface area is 189 Å². The van der Waals surface area contributed by atoms with E-state index in [1.54, 1.807) is 20.8 Å². The number of nitrogens with one attached hydrogen (secondary N) is 1. The first-order chi connectivity index (χ1) is 15.1. The highest BCUT2D eigenvalue weighted by Crippen LogP contribution is 2.28. The predicted octanol–water partition coefficient (Wildman–Crippen LogP) is 4.07. The maximum Gasteiger partial charge on any atom is 0.410 e. The fourth-order valence-electron chi connectivity index (χ4n) is 3.71. The number of carbonyl (C=O) groups excluding carboxylic acids is 2. The van der Waals surface area contributed by atoms with E-state index in [9.17, 15) is 19.5 Å². The van der Waals surface area contributed by atoms with E-state index in [-0.39, 0.29) is 6.54 Å². The van der Waals surface area contributed by atoms with Crippen molar-refractivity contribution in [2.24, 2.45) is 11.3 Å². The molecule has 2 N–H and O–H groups in total. The monoisotopic (exact) mass is 451 g/mol. The number of hydrogen-bond acceptors (Lipinski definition) is 6. The molecule has 1 aliphatic carbocycles. The van der Waals surface area contributed by atoms with Gasteiger partial charge in [-0.15, -0.1) is 0 Å². The minimum Gasteiger partial charge on any atom is -0.481 e. The maximum atomic E-state index is 11.9. The Kier molecular flexibility index (Phi) is 9.53. The number of carboxylic acids is 1. The SMILES string of the molecule is CC(OC(=O)NCCC[C@@H](Cc1cn(C2CCCCC2)cn1)C(=O)O)OC(=O)C(C)(C)C. The highest BCUT2D eigenvalue weighted by Gasteiger charge is 2.26. The second kappa shape index (κ2) is 11.9. The van der Waals surface area contributed by atoms with Crippen molar-refractivity contribution in [3.63, 3.8) is 0 Å². The van der Waals surface area contributed by atoms with Gasteiger partial charge in [0.2, 0.25) is 6.29 Å². The zero-order chi connectivity index (χ0) is 23.7.